The van der Waals surface area contributed by atoms with Crippen LogP contribution >= 0.6 is 0 Å². The quantitative estimate of drug-likeness (QED) is 0.665. The number of nitrogens with one attached hydrogen (secondary N) is 1. The number of piperazine rings is 1. The summed E-state index contributed by atoms with van der Waals surface area (Å²) in [6, 6.07) is 21.7. The van der Waals surface area contributed by atoms with Gasteiger partial charge in [-0.05, 0) is 28.5 Å². The lowest BCUT2D eigenvalue weighted by molar-refractivity contribution is -0.117. The number of primary amides is 1. The summed E-state index contributed by atoms with van der Waals surface area (Å²) in [6.45, 7) is 4.69. The van der Waals surface area contributed by atoms with Crippen molar-refractivity contribution in [3.05, 3.63) is 77.9 Å². The highest BCUT2D eigenvalue weighted by Gasteiger charge is 2.20. The molecule has 154 valence electrons. The van der Waals surface area contributed by atoms with Crippen molar-refractivity contribution < 1.29 is 9.59 Å². The van der Waals surface area contributed by atoms with Gasteiger partial charge in [-0.2, -0.15) is 0 Å². The second kappa shape index (κ2) is 9.07. The van der Waals surface area contributed by atoms with Gasteiger partial charge in [0.25, 0.3) is 5.91 Å². The first-order chi connectivity index (χ1) is 14.6. The summed E-state index contributed by atoms with van der Waals surface area (Å²) in [6.07, 6.45) is 0. The number of hydrogen-bond donors (Lipinski definition) is 2. The highest BCUT2D eigenvalue weighted by molar-refractivity contribution is 6.03. The predicted octanol–water partition coefficient (Wildman–Crippen LogP) is 2.70. The molecule has 6 nitrogen and oxygen atoms in total. The second-order valence-corrected chi connectivity index (χ2v) is 7.65. The van der Waals surface area contributed by atoms with Gasteiger partial charge in [0.2, 0.25) is 5.91 Å². The molecule has 1 fully saturated rings. The molecular formula is C24H26N4O2. The third-order valence-corrected chi connectivity index (χ3v) is 5.57. The van der Waals surface area contributed by atoms with Crippen LogP contribution in [0.2, 0.25) is 0 Å². The number of anilines is 1. The van der Waals surface area contributed by atoms with Gasteiger partial charge in [-0.15, -0.1) is 0 Å². The van der Waals surface area contributed by atoms with E-state index in [1.54, 1.807) is 24.3 Å². The van der Waals surface area contributed by atoms with E-state index in [9.17, 15) is 9.59 Å². The molecular weight excluding hydrogens is 376 g/mol. The van der Waals surface area contributed by atoms with E-state index in [0.29, 0.717) is 17.8 Å². The molecule has 1 aliphatic heterocycles. The fourth-order valence-electron chi connectivity index (χ4n) is 3.98. The van der Waals surface area contributed by atoms with Gasteiger partial charge in [0.1, 0.15) is 0 Å². The Labute approximate surface area is 176 Å². The van der Waals surface area contributed by atoms with Crippen LogP contribution in [0.25, 0.3) is 10.8 Å². The molecule has 1 heterocycles. The monoisotopic (exact) mass is 402 g/mol. The zero-order valence-electron chi connectivity index (χ0n) is 16.9. The molecule has 3 N–H and O–H groups in total. The fraction of sp³-hybridized carbons (Fsp3) is 0.250. The highest BCUT2D eigenvalue weighted by atomic mass is 16.2. The van der Waals surface area contributed by atoms with Gasteiger partial charge in [-0.3, -0.25) is 19.4 Å². The third-order valence-electron chi connectivity index (χ3n) is 5.57. The highest BCUT2D eigenvalue weighted by Crippen LogP contribution is 2.20. The van der Waals surface area contributed by atoms with Crippen LogP contribution in [-0.2, 0) is 11.3 Å². The van der Waals surface area contributed by atoms with Gasteiger partial charge in [0.15, 0.2) is 0 Å². The Morgan fingerprint density at radius 2 is 1.50 bits per heavy atom. The Morgan fingerprint density at radius 3 is 2.30 bits per heavy atom. The number of amides is 2. The van der Waals surface area contributed by atoms with Crippen LogP contribution in [-0.4, -0.2) is 54.3 Å². The summed E-state index contributed by atoms with van der Waals surface area (Å²) < 4.78 is 0. The number of nitrogens with two attached hydrogens (primary N) is 1. The summed E-state index contributed by atoms with van der Waals surface area (Å²) in [5.74, 6) is -0.681. The normalized spacial score (nSPS) is 15.2. The maximum Gasteiger partial charge on any atom is 0.250 e. The van der Waals surface area contributed by atoms with Gasteiger partial charge < -0.3 is 11.1 Å². The van der Waals surface area contributed by atoms with Crippen molar-refractivity contribution in [2.75, 3.05) is 38.0 Å². The molecule has 1 saturated heterocycles. The lowest BCUT2D eigenvalue weighted by Crippen LogP contribution is -2.48. The molecule has 0 atom stereocenters. The van der Waals surface area contributed by atoms with Gasteiger partial charge in [0.05, 0.1) is 17.8 Å². The molecule has 0 unspecified atom stereocenters. The van der Waals surface area contributed by atoms with E-state index < -0.39 is 5.91 Å². The van der Waals surface area contributed by atoms with E-state index >= 15 is 0 Å². The molecule has 1 aliphatic rings. The van der Waals surface area contributed by atoms with Crippen LogP contribution in [0.15, 0.2) is 66.7 Å². The van der Waals surface area contributed by atoms with Crippen LogP contribution < -0.4 is 11.1 Å². The van der Waals surface area contributed by atoms with Crippen molar-refractivity contribution in [3.63, 3.8) is 0 Å². The van der Waals surface area contributed by atoms with E-state index in [0.717, 1.165) is 32.7 Å². The van der Waals surface area contributed by atoms with Crippen LogP contribution in [0.4, 0.5) is 5.69 Å². The van der Waals surface area contributed by atoms with E-state index in [4.69, 9.17) is 5.73 Å². The summed E-state index contributed by atoms with van der Waals surface area (Å²) in [5, 5.41) is 5.38. The SMILES string of the molecule is NC(=O)c1ccccc1NC(=O)CN1CCN(Cc2cccc3ccccc23)CC1. The standard InChI is InChI=1S/C24H26N4O2/c25-24(30)21-10-3-4-11-22(21)26-23(29)17-28-14-12-27(13-15-28)16-19-8-5-7-18-6-1-2-9-20(18)19/h1-11H,12-17H2,(H2,25,30)(H,26,29). The molecule has 2 amide bonds. The van der Waals surface area contributed by atoms with Crippen LogP contribution in [0.3, 0.4) is 0 Å². The molecule has 4 rings (SSSR count). The lowest BCUT2D eigenvalue weighted by atomic mass is 10.0. The van der Waals surface area contributed by atoms with Crippen LogP contribution in [0.1, 0.15) is 15.9 Å². The Hall–Kier alpha value is -3.22. The number of carbonyl (C=O) groups is 2. The van der Waals surface area contributed by atoms with Crippen molar-refractivity contribution in [2.45, 2.75) is 6.54 Å². The van der Waals surface area contributed by atoms with E-state index in [1.807, 2.05) is 0 Å². The Balaban J connectivity index is 1.31. The molecule has 0 aromatic heterocycles. The topological polar surface area (TPSA) is 78.7 Å². The first-order valence-electron chi connectivity index (χ1n) is 10.2. The predicted molar refractivity (Wildman–Crippen MR) is 119 cm³/mol. The molecule has 0 bridgehead atoms. The molecule has 3 aromatic carbocycles. The van der Waals surface area contributed by atoms with Gasteiger partial charge in [-0.25, -0.2) is 0 Å². The van der Waals surface area contributed by atoms with Gasteiger partial charge >= 0.3 is 0 Å². The summed E-state index contributed by atoms with van der Waals surface area (Å²) in [4.78, 5) is 28.5. The molecule has 30 heavy (non-hydrogen) atoms. The number of carbonyl (C=O) groups excluding carboxylic acids is 2. The molecule has 0 aliphatic carbocycles. The molecule has 3 aromatic rings. The number of fused-ring (bicyclic) bond motifs is 1. The molecule has 0 spiro atoms. The maximum atomic E-state index is 12.5. The molecule has 0 radical (unpaired) electrons. The number of para-hydroxylation sites is 1. The fourth-order valence-corrected chi connectivity index (χ4v) is 3.98. The first kappa shape index (κ1) is 20.1. The van der Waals surface area contributed by atoms with E-state index in [-0.39, 0.29) is 5.91 Å². The molecule has 6 heteroatoms. The van der Waals surface area contributed by atoms with Crippen molar-refractivity contribution >= 4 is 28.3 Å². The zero-order valence-corrected chi connectivity index (χ0v) is 16.9. The summed E-state index contributed by atoms with van der Waals surface area (Å²) in [7, 11) is 0. The van der Waals surface area contributed by atoms with E-state index in [1.165, 1.54) is 16.3 Å². The summed E-state index contributed by atoms with van der Waals surface area (Å²) >= 11 is 0. The Bertz CT molecular complexity index is 1050. The average molecular weight is 402 g/mol. The first-order valence-corrected chi connectivity index (χ1v) is 10.2. The number of rotatable bonds is 6. The van der Waals surface area contributed by atoms with Gasteiger partial charge in [-0.1, -0.05) is 54.6 Å². The third kappa shape index (κ3) is 4.67. The smallest absolute Gasteiger partial charge is 0.250 e. The zero-order chi connectivity index (χ0) is 20.9. The molecule has 0 saturated carbocycles. The minimum atomic E-state index is -0.548. The average Bonchev–Trinajstić information content (AvgIpc) is 2.75. The van der Waals surface area contributed by atoms with Crippen LogP contribution in [0.5, 0.6) is 0 Å². The number of hydrogen-bond acceptors (Lipinski definition) is 4. The van der Waals surface area contributed by atoms with Crippen molar-refractivity contribution in [1.82, 2.24) is 9.80 Å². The van der Waals surface area contributed by atoms with Crippen molar-refractivity contribution in [2.24, 2.45) is 5.73 Å². The minimum absolute atomic E-state index is 0.133. The van der Waals surface area contributed by atoms with Crippen LogP contribution in [0, 0.1) is 0 Å². The largest absolute Gasteiger partial charge is 0.366 e. The Morgan fingerprint density at radius 1 is 0.833 bits per heavy atom. The number of nitrogens with zero attached hydrogens (tertiary/aromatic N) is 2. The van der Waals surface area contributed by atoms with Crippen molar-refractivity contribution in [3.8, 4) is 0 Å². The minimum Gasteiger partial charge on any atom is -0.366 e. The second-order valence-electron chi connectivity index (χ2n) is 7.65. The van der Waals surface area contributed by atoms with E-state index in [2.05, 4.69) is 57.6 Å². The number of benzene rings is 3. The Kier molecular flexibility index (Phi) is 6.07. The van der Waals surface area contributed by atoms with Crippen molar-refractivity contribution in [1.29, 1.82) is 0 Å². The lowest BCUT2D eigenvalue weighted by Gasteiger charge is -2.34. The maximum absolute atomic E-state index is 12.5. The van der Waals surface area contributed by atoms with Gasteiger partial charge in [0, 0.05) is 32.7 Å². The summed E-state index contributed by atoms with van der Waals surface area (Å²) in [5.41, 5.74) is 7.50.